The van der Waals surface area contributed by atoms with Crippen LogP contribution in [0.15, 0.2) is 71.7 Å². The highest BCUT2D eigenvalue weighted by Gasteiger charge is 2.31. The molecule has 1 aromatic carbocycles. The number of benzene rings is 1. The van der Waals surface area contributed by atoms with E-state index in [1.807, 2.05) is 11.9 Å². The molecule has 0 spiro atoms. The van der Waals surface area contributed by atoms with Crippen LogP contribution in [0.2, 0.25) is 0 Å². The van der Waals surface area contributed by atoms with Gasteiger partial charge < -0.3 is 9.32 Å². The van der Waals surface area contributed by atoms with E-state index in [1.165, 1.54) is 17.4 Å². The summed E-state index contributed by atoms with van der Waals surface area (Å²) in [5, 5.41) is 2.79. The second-order valence-electron chi connectivity index (χ2n) is 8.27. The molecule has 0 unspecified atom stereocenters. The fourth-order valence-corrected chi connectivity index (χ4v) is 4.03. The zero-order valence-electron chi connectivity index (χ0n) is 19.2. The predicted molar refractivity (Wildman–Crippen MR) is 129 cm³/mol. The Morgan fingerprint density at radius 2 is 1.94 bits per heavy atom. The molecule has 4 heterocycles. The fourth-order valence-electron chi connectivity index (χ4n) is 4.03. The summed E-state index contributed by atoms with van der Waals surface area (Å²) in [6.07, 6.45) is 0.612. The lowest BCUT2D eigenvalue weighted by molar-refractivity contribution is -0.137. The molecule has 0 aliphatic carbocycles. The van der Waals surface area contributed by atoms with Gasteiger partial charge in [-0.1, -0.05) is 12.1 Å². The highest BCUT2D eigenvalue weighted by atomic mass is 19.4. The Morgan fingerprint density at radius 1 is 1.08 bits per heavy atom. The Labute approximate surface area is 204 Å². The molecule has 36 heavy (non-hydrogen) atoms. The summed E-state index contributed by atoms with van der Waals surface area (Å²) in [4.78, 5) is 29.6. The van der Waals surface area contributed by atoms with E-state index in [0.717, 1.165) is 12.1 Å². The first-order valence-corrected chi connectivity index (χ1v) is 11.1. The number of anilines is 3. The van der Waals surface area contributed by atoms with Gasteiger partial charge in [0.15, 0.2) is 18.0 Å². The van der Waals surface area contributed by atoms with Crippen LogP contribution >= 0.6 is 0 Å². The number of urea groups is 1. The average molecular weight is 494 g/mol. The number of carbonyl (C=O) groups excluding carboxylic acids is 1. The minimum atomic E-state index is -4.47. The number of pyridine rings is 2. The number of hydrogen-bond donors (Lipinski definition) is 1. The van der Waals surface area contributed by atoms with Crippen molar-refractivity contribution in [1.82, 2.24) is 15.0 Å². The molecule has 0 saturated heterocycles. The van der Waals surface area contributed by atoms with Gasteiger partial charge in [0, 0.05) is 37.5 Å². The van der Waals surface area contributed by atoms with Gasteiger partial charge in [0.25, 0.3) is 0 Å². The highest BCUT2D eigenvalue weighted by Crippen LogP contribution is 2.35. The van der Waals surface area contributed by atoms with Crippen LogP contribution in [0, 0.1) is 0 Å². The molecule has 184 valence electrons. The summed E-state index contributed by atoms with van der Waals surface area (Å²) in [6, 6.07) is 11.3. The van der Waals surface area contributed by atoms with Crippen LogP contribution < -0.4 is 15.1 Å². The third-order valence-electron chi connectivity index (χ3n) is 5.84. The van der Waals surface area contributed by atoms with Crippen molar-refractivity contribution in [3.05, 3.63) is 72.9 Å². The number of nitrogens with zero attached hydrogens (tertiary/aromatic N) is 5. The van der Waals surface area contributed by atoms with Gasteiger partial charge in [0.1, 0.15) is 5.82 Å². The number of fused-ring (bicyclic) bond motifs is 1. The van der Waals surface area contributed by atoms with Gasteiger partial charge in [-0.3, -0.25) is 10.2 Å². The zero-order chi connectivity index (χ0) is 25.3. The van der Waals surface area contributed by atoms with Gasteiger partial charge in [-0.2, -0.15) is 13.2 Å². The lowest BCUT2D eigenvalue weighted by atomic mass is 10.1. The average Bonchev–Trinajstić information content (AvgIpc) is 3.35. The fraction of sp³-hybridized carbons (Fsp3) is 0.200. The van der Waals surface area contributed by atoms with E-state index >= 15 is 0 Å². The number of nitrogens with one attached hydrogen (secondary N) is 1. The Balaban J connectivity index is 1.48. The first kappa shape index (κ1) is 23.3. The number of amides is 2. The number of carbonyl (C=O) groups is 1. The lowest BCUT2D eigenvalue weighted by Crippen LogP contribution is -2.36. The second kappa shape index (κ2) is 9.33. The summed E-state index contributed by atoms with van der Waals surface area (Å²) in [5.41, 5.74) is 1.27. The molecule has 2 amide bonds. The van der Waals surface area contributed by atoms with Crippen molar-refractivity contribution in [1.29, 1.82) is 0 Å². The zero-order valence-corrected chi connectivity index (χ0v) is 19.2. The van der Waals surface area contributed by atoms with E-state index in [-0.39, 0.29) is 0 Å². The molecule has 11 heteroatoms. The number of rotatable bonds is 3. The standard InChI is InChI=1S/C25H21F3N6O2/c1-33-10-3-11-34(24(35)32-22-13-17(8-9-30-22)21-14-29-15-36-21)23-20(33)7-6-19(31-23)16-4-2-5-18(12-16)25(26,27)28/h2,4-9,12-15H,3,10-11H2,1H3,(H,30,32,35). The maximum Gasteiger partial charge on any atom is 0.416 e. The summed E-state index contributed by atoms with van der Waals surface area (Å²) in [7, 11) is 1.88. The molecule has 3 aromatic heterocycles. The van der Waals surface area contributed by atoms with Crippen LogP contribution in [0.5, 0.6) is 0 Å². The molecular weight excluding hydrogens is 473 g/mol. The van der Waals surface area contributed by atoms with Crippen molar-refractivity contribution in [3.63, 3.8) is 0 Å². The molecule has 0 fully saturated rings. The maximum absolute atomic E-state index is 13.4. The SMILES string of the molecule is CN1CCCN(C(=O)Nc2cc(-c3cnco3)ccn2)c2nc(-c3cccc(C(F)(F)F)c3)ccc21. The van der Waals surface area contributed by atoms with Crippen molar-refractivity contribution in [2.24, 2.45) is 0 Å². The molecular formula is C25H21F3N6O2. The summed E-state index contributed by atoms with van der Waals surface area (Å²) in [6.45, 7) is 1.05. The number of oxazole rings is 1. The summed E-state index contributed by atoms with van der Waals surface area (Å²) < 4.78 is 45.1. The molecule has 4 aromatic rings. The van der Waals surface area contributed by atoms with Crippen LogP contribution in [-0.2, 0) is 6.18 Å². The van der Waals surface area contributed by atoms with Gasteiger partial charge in [-0.25, -0.2) is 19.7 Å². The second-order valence-corrected chi connectivity index (χ2v) is 8.27. The van der Waals surface area contributed by atoms with Crippen molar-refractivity contribution < 1.29 is 22.4 Å². The van der Waals surface area contributed by atoms with Crippen LogP contribution in [0.1, 0.15) is 12.0 Å². The third kappa shape index (κ3) is 4.72. The Bertz CT molecular complexity index is 1390. The van der Waals surface area contributed by atoms with Gasteiger partial charge in [0.2, 0.25) is 0 Å². The first-order chi connectivity index (χ1) is 17.3. The van der Waals surface area contributed by atoms with Gasteiger partial charge in [-0.15, -0.1) is 0 Å². The minimum Gasteiger partial charge on any atom is -0.444 e. The number of hydrogen-bond acceptors (Lipinski definition) is 6. The number of halogens is 3. The maximum atomic E-state index is 13.4. The number of aromatic nitrogens is 3. The van der Waals surface area contributed by atoms with Crippen LogP contribution in [-0.4, -0.2) is 41.1 Å². The lowest BCUT2D eigenvalue weighted by Gasteiger charge is -2.24. The largest absolute Gasteiger partial charge is 0.444 e. The van der Waals surface area contributed by atoms with E-state index in [2.05, 4.69) is 20.3 Å². The first-order valence-electron chi connectivity index (χ1n) is 11.1. The molecule has 0 saturated carbocycles. The minimum absolute atomic E-state index is 0.307. The molecule has 5 rings (SSSR count). The van der Waals surface area contributed by atoms with E-state index in [0.29, 0.717) is 59.4 Å². The Kier molecular flexibility index (Phi) is 6.05. The van der Waals surface area contributed by atoms with E-state index in [4.69, 9.17) is 4.42 Å². The molecule has 0 radical (unpaired) electrons. The van der Waals surface area contributed by atoms with E-state index < -0.39 is 17.8 Å². The molecule has 0 bridgehead atoms. The summed E-state index contributed by atoms with van der Waals surface area (Å²) >= 11 is 0. The molecule has 8 nitrogen and oxygen atoms in total. The van der Waals surface area contributed by atoms with E-state index in [9.17, 15) is 18.0 Å². The van der Waals surface area contributed by atoms with Crippen molar-refractivity contribution in [3.8, 4) is 22.6 Å². The normalized spacial score (nSPS) is 13.8. The monoisotopic (exact) mass is 494 g/mol. The van der Waals surface area contributed by atoms with Gasteiger partial charge >= 0.3 is 12.2 Å². The van der Waals surface area contributed by atoms with Crippen LogP contribution in [0.4, 0.5) is 35.3 Å². The van der Waals surface area contributed by atoms with Crippen molar-refractivity contribution in [2.45, 2.75) is 12.6 Å². The molecule has 1 aliphatic rings. The smallest absolute Gasteiger partial charge is 0.416 e. The van der Waals surface area contributed by atoms with E-state index in [1.54, 1.807) is 42.7 Å². The van der Waals surface area contributed by atoms with Gasteiger partial charge in [-0.05, 0) is 42.8 Å². The molecule has 0 atom stereocenters. The highest BCUT2D eigenvalue weighted by molar-refractivity contribution is 6.03. The molecule has 1 aliphatic heterocycles. The summed E-state index contributed by atoms with van der Waals surface area (Å²) in [5.74, 6) is 1.19. The topological polar surface area (TPSA) is 87.4 Å². The molecule has 1 N–H and O–H groups in total. The third-order valence-corrected chi connectivity index (χ3v) is 5.84. The van der Waals surface area contributed by atoms with Crippen molar-refractivity contribution >= 4 is 23.4 Å². The van der Waals surface area contributed by atoms with Crippen LogP contribution in [0.25, 0.3) is 22.6 Å². The quantitative estimate of drug-likeness (QED) is 0.393. The predicted octanol–water partition coefficient (Wildman–Crippen LogP) is 5.70. The Hall–Kier alpha value is -4.41. The number of alkyl halides is 3. The Morgan fingerprint density at radius 3 is 2.72 bits per heavy atom. The van der Waals surface area contributed by atoms with Crippen LogP contribution in [0.3, 0.4) is 0 Å². The van der Waals surface area contributed by atoms with Gasteiger partial charge in [0.05, 0.1) is 23.1 Å². The van der Waals surface area contributed by atoms with Crippen molar-refractivity contribution in [2.75, 3.05) is 35.3 Å².